The van der Waals surface area contributed by atoms with Crippen LogP contribution in [0.1, 0.15) is 51.2 Å². The fourth-order valence-electron chi connectivity index (χ4n) is 2.13. The second-order valence-electron chi connectivity index (χ2n) is 4.16. The van der Waals surface area contributed by atoms with Crippen molar-refractivity contribution in [2.24, 2.45) is 0 Å². The molecule has 1 fully saturated rings. The molecule has 2 rings (SSSR count). The van der Waals surface area contributed by atoms with Gasteiger partial charge in [-0.1, -0.05) is 57.5 Å². The molecule has 0 spiro atoms. The summed E-state index contributed by atoms with van der Waals surface area (Å²) in [6.45, 7) is 12.6. The van der Waals surface area contributed by atoms with Gasteiger partial charge in [0.25, 0.3) is 0 Å². The Balaban J connectivity index is 0.000000581. The van der Waals surface area contributed by atoms with E-state index < -0.39 is 0 Å². The van der Waals surface area contributed by atoms with Crippen LogP contribution >= 0.6 is 0 Å². The largest absolute Gasteiger partial charge is 0.306 e. The lowest BCUT2D eigenvalue weighted by molar-refractivity contribution is 0.411. The summed E-state index contributed by atoms with van der Waals surface area (Å²) in [6.07, 6.45) is 1.32. The molecule has 98 valence electrons. The van der Waals surface area contributed by atoms with E-state index in [0.29, 0.717) is 0 Å². The van der Waals surface area contributed by atoms with Gasteiger partial charge in [-0.15, -0.1) is 0 Å². The lowest BCUT2D eigenvalue weighted by Gasteiger charge is -2.11. The molecule has 1 aromatic rings. The van der Waals surface area contributed by atoms with E-state index in [2.05, 4.69) is 43.1 Å². The summed E-state index contributed by atoms with van der Waals surface area (Å²) in [5.74, 6) is 0.768. The van der Waals surface area contributed by atoms with E-state index in [9.17, 15) is 0 Å². The molecule has 0 aromatic heterocycles. The normalized spacial score (nSPS) is 18.8. The Morgan fingerprint density at radius 1 is 1.12 bits per heavy atom. The van der Waals surface area contributed by atoms with Gasteiger partial charge in [-0.2, -0.15) is 0 Å². The average Bonchev–Trinajstić information content (AvgIpc) is 2.81. The molecule has 0 N–H and O–H groups in total. The van der Waals surface area contributed by atoms with Crippen LogP contribution in [0.15, 0.2) is 24.3 Å². The van der Waals surface area contributed by atoms with Crippen molar-refractivity contribution in [2.45, 2.75) is 47.0 Å². The minimum atomic E-state index is 0.768. The van der Waals surface area contributed by atoms with E-state index in [4.69, 9.17) is 0 Å². The molecule has 1 heteroatoms. The van der Waals surface area contributed by atoms with Crippen LogP contribution in [0.25, 0.3) is 0 Å². The van der Waals surface area contributed by atoms with E-state index in [-0.39, 0.29) is 0 Å². The van der Waals surface area contributed by atoms with Gasteiger partial charge in [-0.25, -0.2) is 0 Å². The molecule has 1 nitrogen and oxygen atoms in total. The smallest absolute Gasteiger partial charge is 0.00477 e. The third kappa shape index (κ3) is 5.36. The SMILES string of the molecule is CC.CC.Cc1cccc(C2CCN(C)C2)c1. The molecule has 1 aliphatic rings. The van der Waals surface area contributed by atoms with Gasteiger partial charge in [-0.05, 0) is 38.4 Å². The van der Waals surface area contributed by atoms with Crippen molar-refractivity contribution in [1.29, 1.82) is 0 Å². The number of aryl methyl sites for hydroxylation is 1. The Labute approximate surface area is 108 Å². The van der Waals surface area contributed by atoms with Crippen molar-refractivity contribution in [1.82, 2.24) is 4.90 Å². The lowest BCUT2D eigenvalue weighted by Crippen LogP contribution is -2.13. The first kappa shape index (κ1) is 16.2. The summed E-state index contributed by atoms with van der Waals surface area (Å²) in [5.41, 5.74) is 2.90. The predicted molar refractivity (Wildman–Crippen MR) is 78.7 cm³/mol. The van der Waals surface area contributed by atoms with Gasteiger partial charge in [0.15, 0.2) is 0 Å². The highest BCUT2D eigenvalue weighted by atomic mass is 15.1. The molecule has 1 atom stereocenters. The highest BCUT2D eigenvalue weighted by Crippen LogP contribution is 2.26. The number of hydrogen-bond acceptors (Lipinski definition) is 1. The summed E-state index contributed by atoms with van der Waals surface area (Å²) in [4.78, 5) is 2.41. The maximum absolute atomic E-state index is 2.41. The number of benzene rings is 1. The molecule has 1 heterocycles. The molecule has 0 amide bonds. The van der Waals surface area contributed by atoms with Gasteiger partial charge in [0.2, 0.25) is 0 Å². The van der Waals surface area contributed by atoms with Gasteiger partial charge in [0.1, 0.15) is 0 Å². The summed E-state index contributed by atoms with van der Waals surface area (Å²) >= 11 is 0. The van der Waals surface area contributed by atoms with Crippen molar-refractivity contribution in [2.75, 3.05) is 20.1 Å². The number of nitrogens with zero attached hydrogens (tertiary/aromatic N) is 1. The number of likely N-dealkylation sites (tertiary alicyclic amines) is 1. The van der Waals surface area contributed by atoms with Crippen molar-refractivity contribution < 1.29 is 0 Å². The molecule has 1 aromatic carbocycles. The number of rotatable bonds is 1. The topological polar surface area (TPSA) is 3.24 Å². The van der Waals surface area contributed by atoms with E-state index in [1.807, 2.05) is 27.7 Å². The van der Waals surface area contributed by atoms with Crippen molar-refractivity contribution >= 4 is 0 Å². The van der Waals surface area contributed by atoms with E-state index in [1.165, 1.54) is 30.6 Å². The summed E-state index contributed by atoms with van der Waals surface area (Å²) in [5, 5.41) is 0. The van der Waals surface area contributed by atoms with Gasteiger partial charge in [0.05, 0.1) is 0 Å². The van der Waals surface area contributed by atoms with Crippen molar-refractivity contribution in [3.63, 3.8) is 0 Å². The Kier molecular flexibility index (Phi) is 8.79. The summed E-state index contributed by atoms with van der Waals surface area (Å²) in [7, 11) is 2.20. The molecular formula is C16H29N. The van der Waals surface area contributed by atoms with Gasteiger partial charge in [0, 0.05) is 6.54 Å². The van der Waals surface area contributed by atoms with Crippen LogP contribution in [-0.2, 0) is 0 Å². The minimum Gasteiger partial charge on any atom is -0.306 e. The number of hydrogen-bond donors (Lipinski definition) is 0. The maximum atomic E-state index is 2.41. The van der Waals surface area contributed by atoms with Crippen molar-refractivity contribution in [3.05, 3.63) is 35.4 Å². The Morgan fingerprint density at radius 2 is 1.76 bits per heavy atom. The van der Waals surface area contributed by atoms with Crippen LogP contribution in [0.2, 0.25) is 0 Å². The molecule has 0 bridgehead atoms. The first-order chi connectivity index (χ1) is 8.25. The van der Waals surface area contributed by atoms with Crippen LogP contribution in [0.3, 0.4) is 0 Å². The van der Waals surface area contributed by atoms with Crippen LogP contribution in [0.5, 0.6) is 0 Å². The molecule has 1 saturated heterocycles. The molecule has 1 aliphatic heterocycles. The zero-order valence-corrected chi connectivity index (χ0v) is 12.5. The Morgan fingerprint density at radius 3 is 2.24 bits per heavy atom. The van der Waals surface area contributed by atoms with Crippen LogP contribution < -0.4 is 0 Å². The maximum Gasteiger partial charge on any atom is 0.00477 e. The van der Waals surface area contributed by atoms with E-state index in [1.54, 1.807) is 0 Å². The Hall–Kier alpha value is -0.820. The molecule has 0 saturated carbocycles. The molecule has 0 radical (unpaired) electrons. The van der Waals surface area contributed by atoms with Crippen LogP contribution in [0, 0.1) is 6.92 Å². The zero-order valence-electron chi connectivity index (χ0n) is 12.5. The van der Waals surface area contributed by atoms with Crippen molar-refractivity contribution in [3.8, 4) is 0 Å². The van der Waals surface area contributed by atoms with E-state index in [0.717, 1.165) is 5.92 Å². The third-order valence-corrected chi connectivity index (χ3v) is 2.90. The minimum absolute atomic E-state index is 0.768. The molecule has 1 unspecified atom stereocenters. The Bertz CT molecular complexity index is 293. The fraction of sp³-hybridized carbons (Fsp3) is 0.625. The number of likely N-dealkylation sites (N-methyl/N-ethyl adjacent to an activating group) is 1. The standard InChI is InChI=1S/C12H17N.2C2H6/c1-10-4-3-5-11(8-10)12-6-7-13(2)9-12;2*1-2/h3-5,8,12H,6-7,9H2,1-2H3;2*1-2H3. The van der Waals surface area contributed by atoms with Gasteiger partial charge < -0.3 is 4.90 Å². The summed E-state index contributed by atoms with van der Waals surface area (Å²) < 4.78 is 0. The molecular weight excluding hydrogens is 206 g/mol. The average molecular weight is 235 g/mol. The second-order valence-corrected chi connectivity index (χ2v) is 4.16. The van der Waals surface area contributed by atoms with Gasteiger partial charge in [-0.3, -0.25) is 0 Å². The van der Waals surface area contributed by atoms with Crippen LogP contribution in [0.4, 0.5) is 0 Å². The molecule has 0 aliphatic carbocycles. The second kappa shape index (κ2) is 9.23. The zero-order chi connectivity index (χ0) is 13.3. The van der Waals surface area contributed by atoms with Crippen LogP contribution in [-0.4, -0.2) is 25.0 Å². The van der Waals surface area contributed by atoms with Gasteiger partial charge >= 0.3 is 0 Å². The first-order valence-electron chi connectivity index (χ1n) is 7.01. The quantitative estimate of drug-likeness (QED) is 0.694. The third-order valence-electron chi connectivity index (χ3n) is 2.90. The first-order valence-corrected chi connectivity index (χ1v) is 7.01. The summed E-state index contributed by atoms with van der Waals surface area (Å²) in [6, 6.07) is 8.92. The predicted octanol–water partition coefficient (Wildman–Crippen LogP) is 4.47. The fourth-order valence-corrected chi connectivity index (χ4v) is 2.13. The highest BCUT2D eigenvalue weighted by molar-refractivity contribution is 5.26. The lowest BCUT2D eigenvalue weighted by atomic mass is 9.97. The molecule has 17 heavy (non-hydrogen) atoms. The van der Waals surface area contributed by atoms with E-state index >= 15 is 0 Å². The highest BCUT2D eigenvalue weighted by Gasteiger charge is 2.20. The monoisotopic (exact) mass is 235 g/mol.